The minimum atomic E-state index is -0.466. The minimum Gasteiger partial charge on any atom is -0.393 e. The molecule has 4 rings (SSSR count). The molecule has 4 unspecified atom stereocenters. The smallest absolute Gasteiger partial charge is 0.220 e. The number of aliphatic hydroxyl groups is 1. The summed E-state index contributed by atoms with van der Waals surface area (Å²) >= 11 is 0. The molecule has 4 aliphatic carbocycles. The molecule has 4 aliphatic rings. The molecule has 0 aromatic heterocycles. The predicted octanol–water partition coefficient (Wildman–Crippen LogP) is 4.15. The Hall–Kier alpha value is -1.06. The highest BCUT2D eigenvalue weighted by atomic mass is 16.3. The van der Waals surface area contributed by atoms with Crippen LogP contribution in [0.1, 0.15) is 118 Å². The van der Waals surface area contributed by atoms with Gasteiger partial charge in [-0.1, -0.05) is 13.8 Å². The largest absolute Gasteiger partial charge is 0.393 e. The van der Waals surface area contributed by atoms with Crippen molar-refractivity contribution >= 4 is 11.7 Å². The molecule has 8 nitrogen and oxygen atoms in total. The average molecular weight is 618 g/mol. The van der Waals surface area contributed by atoms with E-state index in [0.717, 1.165) is 90.6 Å². The van der Waals surface area contributed by atoms with E-state index in [-0.39, 0.29) is 34.6 Å². The summed E-state index contributed by atoms with van der Waals surface area (Å²) < 4.78 is 0. The van der Waals surface area contributed by atoms with Gasteiger partial charge in [0.1, 0.15) is 5.78 Å². The molecular weight excluding hydrogens is 550 g/mol. The van der Waals surface area contributed by atoms with Gasteiger partial charge in [0, 0.05) is 30.8 Å². The first-order valence-electron chi connectivity index (χ1n) is 18.4. The first kappa shape index (κ1) is 35.8. The van der Waals surface area contributed by atoms with E-state index in [1.807, 2.05) is 13.8 Å². The Morgan fingerprint density at radius 2 is 1.57 bits per heavy atom. The Bertz CT molecular complexity index is 916. The first-order chi connectivity index (χ1) is 21.1. The number of nitrogens with one attached hydrogen (secondary N) is 4. The van der Waals surface area contributed by atoms with E-state index in [1.165, 1.54) is 25.7 Å². The highest BCUT2D eigenvalue weighted by molar-refractivity contribution is 5.83. The molecule has 0 aromatic rings. The Kier molecular flexibility index (Phi) is 13.6. The molecule has 0 spiro atoms. The number of ketones is 1. The molecule has 4 fully saturated rings. The summed E-state index contributed by atoms with van der Waals surface area (Å²) in [5.41, 5.74) is 5.79. The molecule has 44 heavy (non-hydrogen) atoms. The summed E-state index contributed by atoms with van der Waals surface area (Å²) in [5, 5.41) is 25.1. The van der Waals surface area contributed by atoms with E-state index >= 15 is 0 Å². The van der Waals surface area contributed by atoms with Crippen molar-refractivity contribution in [1.29, 1.82) is 0 Å². The number of fused-ring (bicyclic) bond motifs is 5. The number of carbonyl (C=O) groups is 2. The van der Waals surface area contributed by atoms with Gasteiger partial charge in [-0.25, -0.2) is 0 Å². The lowest BCUT2D eigenvalue weighted by Gasteiger charge is -2.60. The summed E-state index contributed by atoms with van der Waals surface area (Å²) in [5.74, 6) is 2.25. The third-order valence-corrected chi connectivity index (χ3v) is 12.6. The quantitative estimate of drug-likeness (QED) is 0.128. The Morgan fingerprint density at radius 1 is 0.909 bits per heavy atom. The number of aliphatic hydroxyl groups excluding tert-OH is 1. The number of Topliss-reactive ketones (excluding diaryl/α,β-unsaturated/α-hetero) is 1. The van der Waals surface area contributed by atoms with Crippen LogP contribution in [-0.2, 0) is 9.59 Å². The van der Waals surface area contributed by atoms with Crippen molar-refractivity contribution in [3.05, 3.63) is 0 Å². The Morgan fingerprint density at radius 3 is 2.27 bits per heavy atom. The van der Waals surface area contributed by atoms with E-state index in [4.69, 9.17) is 5.73 Å². The highest BCUT2D eigenvalue weighted by Crippen LogP contribution is 2.67. The molecule has 0 radical (unpaired) electrons. The van der Waals surface area contributed by atoms with Gasteiger partial charge in [-0.15, -0.1) is 0 Å². The van der Waals surface area contributed by atoms with Gasteiger partial charge >= 0.3 is 0 Å². The molecule has 0 heterocycles. The van der Waals surface area contributed by atoms with Gasteiger partial charge in [0.2, 0.25) is 5.91 Å². The monoisotopic (exact) mass is 618 g/mol. The number of hydrogen-bond acceptors (Lipinski definition) is 7. The van der Waals surface area contributed by atoms with Crippen molar-refractivity contribution in [3.63, 3.8) is 0 Å². The average Bonchev–Trinajstić information content (AvgIpc) is 3.34. The molecule has 8 heteroatoms. The number of unbranched alkanes of at least 4 members (excludes halogenated alkanes) is 1. The number of amides is 1. The second-order valence-electron chi connectivity index (χ2n) is 15.8. The van der Waals surface area contributed by atoms with Crippen LogP contribution in [0.2, 0.25) is 0 Å². The Labute approximate surface area is 268 Å². The first-order valence-corrected chi connectivity index (χ1v) is 18.4. The molecule has 0 saturated heterocycles. The standard InChI is InChI=1S/C36H67N5O3/c1-25(2)41-33(44)12-11-31(42)28-9-10-29-34-30(14-16-36(28,29)4)35(3)15-13-27(23-26(35)24-32(34)43)40-22-8-21-39-19-6-5-18-38-20-7-17-37/h25-31,34,38-40,42H,5-24,37H2,1-4H3,(H,41,44)/t26?,27-,28+,29?,30?,31+,34?,35-,36+/m0/s1. The van der Waals surface area contributed by atoms with Crippen LogP contribution in [0.25, 0.3) is 0 Å². The minimum absolute atomic E-state index is 0.00210. The lowest BCUT2D eigenvalue weighted by atomic mass is 9.44. The van der Waals surface area contributed by atoms with E-state index in [1.54, 1.807) is 0 Å². The maximum atomic E-state index is 13.9. The number of carbonyl (C=O) groups excluding carboxylic acids is 2. The molecule has 4 saturated carbocycles. The molecule has 9 atom stereocenters. The van der Waals surface area contributed by atoms with Crippen molar-refractivity contribution < 1.29 is 14.7 Å². The SMILES string of the molecule is CC(C)NC(=O)CC[C@@H](O)[C@H]1CCC2C3C(=O)CC4C[C@@H](NCCCNCCCCNCCCN)CC[C@]4(C)C3CC[C@@]21C. The molecule has 1 amide bonds. The fraction of sp³-hybridized carbons (Fsp3) is 0.944. The maximum Gasteiger partial charge on any atom is 0.220 e. The van der Waals surface area contributed by atoms with E-state index in [9.17, 15) is 14.7 Å². The zero-order valence-corrected chi connectivity index (χ0v) is 28.6. The fourth-order valence-electron chi connectivity index (χ4n) is 10.2. The molecule has 0 aromatic carbocycles. The van der Waals surface area contributed by atoms with Crippen LogP contribution in [0.4, 0.5) is 0 Å². The molecule has 254 valence electrons. The van der Waals surface area contributed by atoms with Crippen molar-refractivity contribution in [2.75, 3.05) is 39.3 Å². The maximum absolute atomic E-state index is 13.9. The lowest BCUT2D eigenvalue weighted by molar-refractivity contribution is -0.158. The van der Waals surface area contributed by atoms with Crippen LogP contribution in [-0.4, -0.2) is 74.3 Å². The molecular formula is C36H67N5O3. The third-order valence-electron chi connectivity index (χ3n) is 12.6. The topological polar surface area (TPSA) is 129 Å². The zero-order valence-electron chi connectivity index (χ0n) is 28.6. The van der Waals surface area contributed by atoms with Crippen LogP contribution in [0.15, 0.2) is 0 Å². The van der Waals surface area contributed by atoms with Crippen LogP contribution in [0, 0.1) is 40.4 Å². The second kappa shape index (κ2) is 16.7. The van der Waals surface area contributed by atoms with Crippen molar-refractivity contribution in [2.45, 2.75) is 136 Å². The molecule has 7 N–H and O–H groups in total. The van der Waals surface area contributed by atoms with Gasteiger partial charge in [-0.2, -0.15) is 0 Å². The summed E-state index contributed by atoms with van der Waals surface area (Å²) in [7, 11) is 0. The Balaban J connectivity index is 1.20. The van der Waals surface area contributed by atoms with Gasteiger partial charge in [-0.05, 0) is 165 Å². The summed E-state index contributed by atoms with van der Waals surface area (Å²) in [6.45, 7) is 14.9. The number of rotatable bonds is 18. The van der Waals surface area contributed by atoms with E-state index in [2.05, 4.69) is 35.1 Å². The van der Waals surface area contributed by atoms with Crippen LogP contribution in [0.5, 0.6) is 0 Å². The molecule has 0 bridgehead atoms. The fourth-order valence-corrected chi connectivity index (χ4v) is 10.2. The van der Waals surface area contributed by atoms with Gasteiger partial charge in [0.25, 0.3) is 0 Å². The van der Waals surface area contributed by atoms with E-state index < -0.39 is 6.10 Å². The number of nitrogens with two attached hydrogens (primary N) is 1. The molecule has 0 aliphatic heterocycles. The summed E-state index contributed by atoms with van der Waals surface area (Å²) in [6.07, 6.45) is 13.6. The predicted molar refractivity (Wildman–Crippen MR) is 179 cm³/mol. The van der Waals surface area contributed by atoms with Gasteiger partial charge in [-0.3, -0.25) is 9.59 Å². The van der Waals surface area contributed by atoms with Crippen LogP contribution in [0.3, 0.4) is 0 Å². The normalized spacial score (nSPS) is 35.7. The van der Waals surface area contributed by atoms with Gasteiger partial charge in [0.15, 0.2) is 0 Å². The summed E-state index contributed by atoms with van der Waals surface area (Å²) in [4.78, 5) is 26.2. The third kappa shape index (κ3) is 8.64. The zero-order chi connectivity index (χ0) is 31.7. The lowest BCUT2D eigenvalue weighted by Crippen LogP contribution is -2.58. The van der Waals surface area contributed by atoms with Crippen molar-refractivity contribution in [2.24, 2.45) is 46.2 Å². The number of hydrogen-bond donors (Lipinski definition) is 6. The van der Waals surface area contributed by atoms with Gasteiger partial charge in [0.05, 0.1) is 6.10 Å². The highest BCUT2D eigenvalue weighted by Gasteiger charge is 2.63. The van der Waals surface area contributed by atoms with Crippen molar-refractivity contribution in [1.82, 2.24) is 21.3 Å². The summed E-state index contributed by atoms with van der Waals surface area (Å²) in [6, 6.07) is 0.656. The van der Waals surface area contributed by atoms with Crippen LogP contribution >= 0.6 is 0 Å². The van der Waals surface area contributed by atoms with E-state index in [0.29, 0.717) is 42.4 Å². The van der Waals surface area contributed by atoms with Gasteiger partial charge < -0.3 is 32.1 Å². The second-order valence-corrected chi connectivity index (χ2v) is 15.8. The van der Waals surface area contributed by atoms with Crippen molar-refractivity contribution in [3.8, 4) is 0 Å². The van der Waals surface area contributed by atoms with Crippen LogP contribution < -0.4 is 27.0 Å².